The van der Waals surface area contributed by atoms with E-state index in [9.17, 15) is 19.2 Å². The van der Waals surface area contributed by atoms with Gasteiger partial charge in [-0.25, -0.2) is 18.8 Å². The maximum Gasteiger partial charge on any atom is 0.265 e. The summed E-state index contributed by atoms with van der Waals surface area (Å²) in [5.74, 6) is -2.46. The Morgan fingerprint density at radius 2 is 1.58 bits per heavy atom. The molecule has 0 spiro atoms. The Hall–Kier alpha value is -6.49. The Kier molecular flexibility index (Phi) is 13.7. The van der Waals surface area contributed by atoms with Crippen molar-refractivity contribution in [2.45, 2.75) is 56.9 Å². The molecule has 4 amide bonds. The van der Waals surface area contributed by atoms with E-state index in [2.05, 4.69) is 36.2 Å². The number of carbonyl (C=O) groups excluding carboxylic acids is 4. The van der Waals surface area contributed by atoms with E-state index in [1.54, 1.807) is 66.7 Å². The average Bonchev–Trinajstić information content (AvgIpc) is 3.29. The molecular formula is C47H49ClF2N10O4. The van der Waals surface area contributed by atoms with Crippen LogP contribution in [0.4, 0.5) is 43.3 Å². The molecule has 6 N–H and O–H groups in total. The van der Waals surface area contributed by atoms with Crippen LogP contribution in [0.1, 0.15) is 77.1 Å². The van der Waals surface area contributed by atoms with Crippen LogP contribution < -0.4 is 36.9 Å². The van der Waals surface area contributed by atoms with Gasteiger partial charge in [-0.15, -0.1) is 0 Å². The zero-order valence-corrected chi connectivity index (χ0v) is 35.8. The smallest absolute Gasteiger partial charge is 0.265 e. The highest BCUT2D eigenvalue weighted by atomic mass is 35.5. The molecule has 4 heterocycles. The van der Waals surface area contributed by atoms with Crippen LogP contribution in [-0.2, 0) is 9.59 Å². The summed E-state index contributed by atoms with van der Waals surface area (Å²) < 4.78 is 30.7. The van der Waals surface area contributed by atoms with Crippen LogP contribution in [0.2, 0.25) is 5.02 Å². The van der Waals surface area contributed by atoms with Crippen LogP contribution in [0.5, 0.6) is 0 Å². The average molecular weight is 891 g/mol. The van der Waals surface area contributed by atoms with Gasteiger partial charge in [0.1, 0.15) is 5.82 Å². The van der Waals surface area contributed by atoms with Crippen molar-refractivity contribution >= 4 is 69.7 Å². The fraction of sp³-hybridized carbons (Fsp3) is 0.319. The van der Waals surface area contributed by atoms with Gasteiger partial charge >= 0.3 is 0 Å². The van der Waals surface area contributed by atoms with Crippen LogP contribution in [0.25, 0.3) is 0 Å². The maximum atomic E-state index is 15.5. The summed E-state index contributed by atoms with van der Waals surface area (Å²) in [7, 11) is 0. The molecule has 14 nitrogen and oxygen atoms in total. The van der Waals surface area contributed by atoms with E-state index in [0.29, 0.717) is 70.4 Å². The third-order valence-corrected chi connectivity index (χ3v) is 12.5. The van der Waals surface area contributed by atoms with Gasteiger partial charge < -0.3 is 21.3 Å². The van der Waals surface area contributed by atoms with E-state index in [0.717, 1.165) is 57.9 Å². The third kappa shape index (κ3) is 10.5. The van der Waals surface area contributed by atoms with Crippen LogP contribution in [0, 0.1) is 17.6 Å². The second kappa shape index (κ2) is 19.9. The third-order valence-electron chi connectivity index (χ3n) is 12.2. The number of imide groups is 1. The summed E-state index contributed by atoms with van der Waals surface area (Å²) in [6.07, 6.45) is 6.47. The summed E-state index contributed by atoms with van der Waals surface area (Å²) in [6, 6.07) is 25.4. The Balaban J connectivity index is 0.778. The number of amides is 4. The molecule has 17 heteroatoms. The Morgan fingerprint density at radius 1 is 0.859 bits per heavy atom. The van der Waals surface area contributed by atoms with E-state index in [-0.39, 0.29) is 47.3 Å². The molecule has 0 aliphatic carbocycles. The van der Waals surface area contributed by atoms with Crippen molar-refractivity contribution in [2.75, 3.05) is 47.8 Å². The largest absolute Gasteiger partial charge is 0.369 e. The highest BCUT2D eigenvalue weighted by Gasteiger charge is 2.30. The summed E-state index contributed by atoms with van der Waals surface area (Å²) in [6.45, 7) is 3.85. The first-order valence-electron chi connectivity index (χ1n) is 21.5. The number of rotatable bonds is 14. The van der Waals surface area contributed by atoms with Gasteiger partial charge in [-0.3, -0.25) is 34.8 Å². The summed E-state index contributed by atoms with van der Waals surface area (Å²) in [5.41, 5.74) is 11.9. The van der Waals surface area contributed by atoms with Crippen molar-refractivity contribution in [3.8, 4) is 0 Å². The number of benzene rings is 4. The molecule has 1 atom stereocenters. The van der Waals surface area contributed by atoms with Crippen LogP contribution in [-0.4, -0.2) is 77.4 Å². The van der Waals surface area contributed by atoms with E-state index in [1.807, 2.05) is 11.1 Å². The van der Waals surface area contributed by atoms with Gasteiger partial charge in [-0.1, -0.05) is 29.8 Å². The highest BCUT2D eigenvalue weighted by molar-refractivity contribution is 6.33. The molecule has 8 rings (SSSR count). The first-order chi connectivity index (χ1) is 31.0. The van der Waals surface area contributed by atoms with Gasteiger partial charge in [0.15, 0.2) is 11.6 Å². The zero-order valence-electron chi connectivity index (χ0n) is 35.0. The lowest BCUT2D eigenvalue weighted by molar-refractivity contribution is -0.134. The van der Waals surface area contributed by atoms with Crippen LogP contribution >= 0.6 is 11.6 Å². The van der Waals surface area contributed by atoms with Crippen molar-refractivity contribution in [1.82, 2.24) is 31.0 Å². The van der Waals surface area contributed by atoms with Gasteiger partial charge in [0.2, 0.25) is 23.7 Å². The highest BCUT2D eigenvalue weighted by Crippen LogP contribution is 2.39. The van der Waals surface area contributed by atoms with E-state index >= 15 is 8.78 Å². The molecule has 332 valence electrons. The monoisotopic (exact) mass is 890 g/mol. The van der Waals surface area contributed by atoms with Gasteiger partial charge in [-0.2, -0.15) is 4.98 Å². The predicted molar refractivity (Wildman–Crippen MR) is 241 cm³/mol. The minimum atomic E-state index is -0.709. The molecule has 3 fully saturated rings. The number of aromatic nitrogens is 2. The van der Waals surface area contributed by atoms with E-state index in [4.69, 9.17) is 17.3 Å². The summed E-state index contributed by atoms with van der Waals surface area (Å²) >= 11 is 6.56. The summed E-state index contributed by atoms with van der Waals surface area (Å²) in [5, 5.41) is 11.4. The van der Waals surface area contributed by atoms with Crippen LogP contribution in [0.15, 0.2) is 97.2 Å². The molecule has 3 aliphatic rings. The number of anilines is 6. The van der Waals surface area contributed by atoms with Crippen molar-refractivity contribution < 1.29 is 28.0 Å². The lowest BCUT2D eigenvalue weighted by Crippen LogP contribution is -2.50. The number of primary amides is 1. The predicted octanol–water partition coefficient (Wildman–Crippen LogP) is 7.25. The van der Waals surface area contributed by atoms with Gasteiger partial charge in [-0.05, 0) is 129 Å². The number of nitrogens with zero attached hydrogens (tertiary/aromatic N) is 5. The standard InChI is InChI=1S/C47H49ClF2N10O4/c48-37-3-1-2-4-40(37)60(35-12-7-30(8-13-35)43(51)62)44-39(50)28-53-47(56-44)54-34-10-5-31(6-11-34)45(63)57-59-25-20-33(21-26-59)52-22-17-29-18-23-58(24-19-29)41-15-9-32(27-38(41)49)36-14-16-42(61)55-46(36)64/h1-13,15,27-29,33,36,52H,14,16-26H2,(H2,51,62)(H,57,63)(H,53,54,56)(H,55,61,64). The quantitative estimate of drug-likeness (QED) is 0.0710. The number of halogens is 3. The molecule has 64 heavy (non-hydrogen) atoms. The van der Waals surface area contributed by atoms with Crippen molar-refractivity contribution in [2.24, 2.45) is 11.7 Å². The van der Waals surface area contributed by atoms with Gasteiger partial charge in [0, 0.05) is 61.1 Å². The first kappa shape index (κ1) is 44.1. The molecule has 4 aromatic carbocycles. The number of hydrogen-bond donors (Lipinski definition) is 5. The van der Waals surface area contributed by atoms with Crippen LogP contribution in [0.3, 0.4) is 0 Å². The minimum Gasteiger partial charge on any atom is -0.369 e. The normalized spacial score (nSPS) is 17.5. The Bertz CT molecular complexity index is 2500. The topological polar surface area (TPSA) is 178 Å². The molecule has 3 saturated heterocycles. The molecular weight excluding hydrogens is 842 g/mol. The number of carbonyl (C=O) groups is 4. The molecule has 0 saturated carbocycles. The van der Waals surface area contributed by atoms with Gasteiger partial charge in [0.25, 0.3) is 5.91 Å². The molecule has 0 bridgehead atoms. The fourth-order valence-electron chi connectivity index (χ4n) is 8.56. The van der Waals surface area contributed by atoms with Gasteiger partial charge in [0.05, 0.1) is 28.5 Å². The fourth-order valence-corrected chi connectivity index (χ4v) is 8.78. The molecule has 5 aromatic rings. The van der Waals surface area contributed by atoms with Crippen molar-refractivity contribution in [3.63, 3.8) is 0 Å². The second-order valence-electron chi connectivity index (χ2n) is 16.4. The Morgan fingerprint density at radius 3 is 2.27 bits per heavy atom. The van der Waals surface area contributed by atoms with Crippen molar-refractivity contribution in [3.05, 3.63) is 131 Å². The molecule has 1 unspecified atom stereocenters. The minimum absolute atomic E-state index is 0.0855. The van der Waals surface area contributed by atoms with E-state index < -0.39 is 17.6 Å². The molecule has 3 aliphatic heterocycles. The molecule has 0 radical (unpaired) electrons. The van der Waals surface area contributed by atoms with E-state index in [1.165, 1.54) is 23.1 Å². The number of nitrogens with two attached hydrogens (primary N) is 1. The Labute approximate surface area is 374 Å². The zero-order chi connectivity index (χ0) is 44.7. The lowest BCUT2D eigenvalue weighted by Gasteiger charge is -2.35. The lowest BCUT2D eigenvalue weighted by atomic mass is 9.89. The first-order valence-corrected chi connectivity index (χ1v) is 21.9. The number of piperidine rings is 3. The molecule has 1 aromatic heterocycles. The number of hydrazine groups is 1. The maximum absolute atomic E-state index is 15.5. The number of nitrogens with one attached hydrogen (secondary N) is 4. The second-order valence-corrected chi connectivity index (χ2v) is 16.8. The summed E-state index contributed by atoms with van der Waals surface area (Å²) in [4.78, 5) is 60.9. The SMILES string of the molecule is NC(=O)c1ccc(N(c2ccccc2Cl)c2nc(Nc3ccc(C(=O)NN4CCC(NCCC5CCN(c6ccc(C7CCC(=O)NC7=O)cc6F)CC5)CC4)cc3)ncc2F)cc1. The number of hydrogen-bond acceptors (Lipinski definition) is 11. The number of para-hydroxylation sites is 1. The van der Waals surface area contributed by atoms with Crippen molar-refractivity contribution in [1.29, 1.82) is 0 Å².